The van der Waals surface area contributed by atoms with Gasteiger partial charge >= 0.3 is 0 Å². The molecule has 0 aliphatic carbocycles. The molecular weight excluding hydrogens is 525 g/mol. The Morgan fingerprint density at radius 3 is 2.28 bits per heavy atom. The highest BCUT2D eigenvalue weighted by molar-refractivity contribution is 7.89. The summed E-state index contributed by atoms with van der Waals surface area (Å²) in [4.78, 5) is 16.7. The van der Waals surface area contributed by atoms with Gasteiger partial charge in [-0.25, -0.2) is 8.42 Å². The average Bonchev–Trinajstić information content (AvgIpc) is 2.89. The molecule has 2 aliphatic rings. The van der Waals surface area contributed by atoms with E-state index in [0.29, 0.717) is 26.1 Å². The number of piperazine rings is 1. The second-order valence-electron chi connectivity index (χ2n) is 8.90. The van der Waals surface area contributed by atoms with Crippen molar-refractivity contribution < 1.29 is 22.7 Å². The number of nitrogens with zero attached hydrogens (tertiary/aromatic N) is 3. The predicted octanol–water partition coefficient (Wildman–Crippen LogP) is 3.91. The lowest BCUT2D eigenvalue weighted by Crippen LogP contribution is -2.50. The van der Waals surface area contributed by atoms with Crippen LogP contribution in [0.2, 0.25) is 10.0 Å². The maximum absolute atomic E-state index is 13.4. The summed E-state index contributed by atoms with van der Waals surface area (Å²) in [6, 6.07) is 12.1. The largest absolute Gasteiger partial charge is 0.497 e. The number of carbonyl (C=O) groups is 1. The molecule has 2 saturated heterocycles. The minimum atomic E-state index is -3.90. The Labute approximate surface area is 222 Å². The fourth-order valence-corrected chi connectivity index (χ4v) is 7.46. The third-order valence-corrected chi connectivity index (χ3v) is 9.57. The van der Waals surface area contributed by atoms with Gasteiger partial charge in [0.25, 0.3) is 0 Å². The Balaban J connectivity index is 1.30. The number of rotatable bonds is 8. The van der Waals surface area contributed by atoms with Gasteiger partial charge in [0.1, 0.15) is 17.3 Å². The van der Waals surface area contributed by atoms with Crippen LogP contribution < -0.4 is 9.64 Å². The zero-order valence-corrected chi connectivity index (χ0v) is 22.6. The number of benzene rings is 2. The van der Waals surface area contributed by atoms with Crippen LogP contribution in [-0.2, 0) is 19.6 Å². The number of carbonyl (C=O) groups excluding carboxylic acids is 1. The number of hydrogen-bond donors (Lipinski definition) is 0. The average molecular weight is 557 g/mol. The molecule has 0 spiro atoms. The fourth-order valence-electron chi connectivity index (χ4n) is 4.68. The third-order valence-electron chi connectivity index (χ3n) is 6.66. The van der Waals surface area contributed by atoms with Crippen LogP contribution in [0.5, 0.6) is 5.75 Å². The number of amides is 1. The van der Waals surface area contributed by atoms with E-state index in [-0.39, 0.29) is 40.1 Å². The molecule has 8 nitrogen and oxygen atoms in total. The second kappa shape index (κ2) is 12.0. The molecular formula is C25H31Cl2N3O5S. The van der Waals surface area contributed by atoms with Gasteiger partial charge in [0.05, 0.1) is 23.8 Å². The van der Waals surface area contributed by atoms with Crippen LogP contribution in [0.3, 0.4) is 0 Å². The smallest absolute Gasteiger partial charge is 0.248 e. The quantitative estimate of drug-likeness (QED) is 0.491. The van der Waals surface area contributed by atoms with Gasteiger partial charge in [-0.3, -0.25) is 4.79 Å². The number of anilines is 1. The summed E-state index contributed by atoms with van der Waals surface area (Å²) in [6.07, 6.45) is 2.28. The van der Waals surface area contributed by atoms with E-state index < -0.39 is 10.0 Å². The molecule has 1 unspecified atom stereocenters. The van der Waals surface area contributed by atoms with Gasteiger partial charge in [0.15, 0.2) is 0 Å². The van der Waals surface area contributed by atoms with Crippen molar-refractivity contribution in [3.63, 3.8) is 0 Å². The summed E-state index contributed by atoms with van der Waals surface area (Å²) in [6.45, 7) is 3.07. The van der Waals surface area contributed by atoms with Gasteiger partial charge in [-0.15, -0.1) is 0 Å². The fraction of sp³-hybridized carbons (Fsp3) is 0.480. The number of halogens is 2. The van der Waals surface area contributed by atoms with Crippen LogP contribution in [0.15, 0.2) is 47.4 Å². The molecule has 0 N–H and O–H groups in total. The Morgan fingerprint density at radius 1 is 0.972 bits per heavy atom. The second-order valence-corrected chi connectivity index (χ2v) is 11.5. The SMILES string of the molecule is COc1ccc(N2CCN(C(=O)COCC3CCCCN3S(=O)(=O)c3c(Cl)cccc3Cl)CC2)cc1. The molecule has 2 aromatic carbocycles. The monoisotopic (exact) mass is 555 g/mol. The van der Waals surface area contributed by atoms with Crippen LogP contribution in [0, 0.1) is 0 Å². The molecule has 2 aliphatic heterocycles. The van der Waals surface area contributed by atoms with Gasteiger partial charge in [0.2, 0.25) is 15.9 Å². The maximum atomic E-state index is 13.4. The molecule has 2 heterocycles. The minimum Gasteiger partial charge on any atom is -0.497 e. The summed E-state index contributed by atoms with van der Waals surface area (Å²) in [7, 11) is -2.26. The molecule has 0 saturated carbocycles. The van der Waals surface area contributed by atoms with E-state index in [9.17, 15) is 13.2 Å². The van der Waals surface area contributed by atoms with E-state index in [0.717, 1.165) is 37.4 Å². The number of methoxy groups -OCH3 is 1. The van der Waals surface area contributed by atoms with E-state index in [1.807, 2.05) is 24.3 Å². The lowest BCUT2D eigenvalue weighted by atomic mass is 10.1. The molecule has 36 heavy (non-hydrogen) atoms. The van der Waals surface area contributed by atoms with Crippen LogP contribution in [0.1, 0.15) is 19.3 Å². The maximum Gasteiger partial charge on any atom is 0.248 e. The molecule has 2 aromatic rings. The molecule has 1 amide bonds. The van der Waals surface area contributed by atoms with E-state index >= 15 is 0 Å². The van der Waals surface area contributed by atoms with Gasteiger partial charge in [0, 0.05) is 44.5 Å². The molecule has 196 valence electrons. The summed E-state index contributed by atoms with van der Waals surface area (Å²) in [5.74, 6) is 0.716. The minimum absolute atomic E-state index is 0.0777. The molecule has 4 rings (SSSR count). The van der Waals surface area contributed by atoms with Crippen molar-refractivity contribution in [2.45, 2.75) is 30.2 Å². The first-order valence-corrected chi connectivity index (χ1v) is 14.2. The van der Waals surface area contributed by atoms with E-state index in [4.69, 9.17) is 32.7 Å². The molecule has 1 atom stereocenters. The highest BCUT2D eigenvalue weighted by Gasteiger charge is 2.36. The first kappa shape index (κ1) is 27.0. The summed E-state index contributed by atoms with van der Waals surface area (Å²) in [5, 5.41) is 0.188. The normalized spacial score (nSPS) is 19.4. The number of hydrogen-bond acceptors (Lipinski definition) is 6. The van der Waals surface area contributed by atoms with E-state index in [1.54, 1.807) is 18.1 Å². The Morgan fingerprint density at radius 2 is 1.64 bits per heavy atom. The highest BCUT2D eigenvalue weighted by Crippen LogP contribution is 2.34. The first-order chi connectivity index (χ1) is 17.3. The lowest BCUT2D eigenvalue weighted by Gasteiger charge is -2.37. The first-order valence-electron chi connectivity index (χ1n) is 12.0. The van der Waals surface area contributed by atoms with Crippen molar-refractivity contribution in [2.75, 3.05) is 57.9 Å². The van der Waals surface area contributed by atoms with Gasteiger partial charge in [-0.1, -0.05) is 35.7 Å². The number of ether oxygens (including phenoxy) is 2. The molecule has 2 fully saturated rings. The van der Waals surface area contributed by atoms with Crippen molar-refractivity contribution in [3.05, 3.63) is 52.5 Å². The van der Waals surface area contributed by atoms with Crippen LogP contribution in [-0.4, -0.2) is 82.6 Å². The van der Waals surface area contributed by atoms with Crippen molar-refractivity contribution in [3.8, 4) is 5.75 Å². The lowest BCUT2D eigenvalue weighted by molar-refractivity contribution is -0.137. The van der Waals surface area contributed by atoms with Crippen molar-refractivity contribution in [1.29, 1.82) is 0 Å². The number of sulfonamides is 1. The highest BCUT2D eigenvalue weighted by atomic mass is 35.5. The summed E-state index contributed by atoms with van der Waals surface area (Å²) < 4.78 is 39.1. The van der Waals surface area contributed by atoms with Gasteiger partial charge in [-0.05, 0) is 49.2 Å². The van der Waals surface area contributed by atoms with Gasteiger partial charge < -0.3 is 19.3 Å². The van der Waals surface area contributed by atoms with E-state index in [1.165, 1.54) is 16.4 Å². The Hall–Kier alpha value is -2.04. The van der Waals surface area contributed by atoms with Crippen LogP contribution in [0.4, 0.5) is 5.69 Å². The Bertz CT molecular complexity index is 1130. The molecule has 11 heteroatoms. The predicted molar refractivity (Wildman–Crippen MR) is 141 cm³/mol. The van der Waals surface area contributed by atoms with Crippen molar-refractivity contribution in [2.24, 2.45) is 0 Å². The van der Waals surface area contributed by atoms with Gasteiger partial charge in [-0.2, -0.15) is 4.31 Å². The zero-order valence-electron chi connectivity index (χ0n) is 20.2. The summed E-state index contributed by atoms with van der Waals surface area (Å²) >= 11 is 12.4. The Kier molecular flexibility index (Phi) is 9.00. The summed E-state index contributed by atoms with van der Waals surface area (Å²) in [5.41, 5.74) is 1.09. The van der Waals surface area contributed by atoms with Crippen molar-refractivity contribution >= 4 is 44.8 Å². The van der Waals surface area contributed by atoms with Crippen LogP contribution in [0.25, 0.3) is 0 Å². The van der Waals surface area contributed by atoms with E-state index in [2.05, 4.69) is 4.90 Å². The zero-order chi connectivity index (χ0) is 25.7. The molecule has 0 aromatic heterocycles. The third kappa shape index (κ3) is 6.08. The number of piperidine rings is 1. The molecule has 0 bridgehead atoms. The standard InChI is InChI=1S/C25H31Cl2N3O5S/c1-34-21-10-8-19(9-11-21)28-13-15-29(16-14-28)24(31)18-35-17-20-5-2-3-12-30(20)36(32,33)25-22(26)6-4-7-23(25)27/h4,6-11,20H,2-3,5,12-18H2,1H3. The van der Waals surface area contributed by atoms with Crippen LogP contribution >= 0.6 is 23.2 Å². The molecule has 0 radical (unpaired) electrons. The van der Waals surface area contributed by atoms with Crippen molar-refractivity contribution in [1.82, 2.24) is 9.21 Å². The topological polar surface area (TPSA) is 79.4 Å².